The molecule has 372 valence electrons. The van der Waals surface area contributed by atoms with Crippen LogP contribution in [-0.2, 0) is 39.0 Å². The van der Waals surface area contributed by atoms with Gasteiger partial charge in [0.2, 0.25) is 11.5 Å². The molecule has 13 nitrogen and oxygen atoms in total. The van der Waals surface area contributed by atoms with Gasteiger partial charge in [-0.3, -0.25) is 23.7 Å². The predicted molar refractivity (Wildman–Crippen MR) is 289 cm³/mol. The lowest BCUT2D eigenvalue weighted by Gasteiger charge is -2.27. The molecule has 0 unspecified atom stereocenters. The van der Waals surface area contributed by atoms with Gasteiger partial charge in [-0.25, -0.2) is 14.6 Å². The second kappa shape index (κ2) is 23.1. The van der Waals surface area contributed by atoms with Crippen LogP contribution in [0.1, 0.15) is 55.9 Å². The number of fused-ring (bicyclic) bond motifs is 6. The molecule has 74 heavy (non-hydrogen) atoms. The van der Waals surface area contributed by atoms with Crippen molar-refractivity contribution in [2.45, 2.75) is 39.0 Å². The average Bonchev–Trinajstić information content (AvgIpc) is 3.91. The van der Waals surface area contributed by atoms with E-state index in [0.29, 0.717) is 74.8 Å². The number of carbonyl (C=O) groups excluding carboxylic acids is 2. The van der Waals surface area contributed by atoms with Gasteiger partial charge in [-0.15, -0.1) is 0 Å². The highest BCUT2D eigenvalue weighted by Crippen LogP contribution is 2.34. The Morgan fingerprint density at radius 1 is 0.649 bits per heavy atom. The largest absolute Gasteiger partial charge is 0.333 e. The summed E-state index contributed by atoms with van der Waals surface area (Å²) < 4.78 is 16.8. The highest BCUT2D eigenvalue weighted by Gasteiger charge is 2.28. The number of nitrogens with one attached hydrogen (secondary N) is 3. The van der Waals surface area contributed by atoms with E-state index in [9.17, 15) is 29.3 Å². The molecule has 2 aliphatic heterocycles. The van der Waals surface area contributed by atoms with Gasteiger partial charge in [0, 0.05) is 106 Å². The van der Waals surface area contributed by atoms with Gasteiger partial charge < -0.3 is 15.6 Å². The van der Waals surface area contributed by atoms with Crippen LogP contribution < -0.4 is 16.2 Å². The molecular weight excluding hydrogens is 1020 g/mol. The zero-order valence-corrected chi connectivity index (χ0v) is 42.5. The summed E-state index contributed by atoms with van der Waals surface area (Å²) in [5.41, 5.74) is 9.61. The minimum atomic E-state index is -0.590. The first-order chi connectivity index (χ1) is 35.8. The van der Waals surface area contributed by atoms with E-state index >= 15 is 0 Å². The van der Waals surface area contributed by atoms with Crippen molar-refractivity contribution in [3.05, 3.63) is 214 Å². The van der Waals surface area contributed by atoms with E-state index in [1.165, 1.54) is 18.3 Å². The SMILES string of the molecule is N#Cc1ccc2c(c1)c1c(n2C(=O)NCc2cc[nH]c(=O)c2)CCN(C/C=C/c2ccc(Cl)c(Cl)c2)C1.N#Cc1ccc2c(c1)c1c(n2C(=O)NCc2ccnc(F)c2)CCN(C/C=C/c2ccc(Cl)c(Cl)c2)C1. The molecule has 0 aliphatic carbocycles. The Labute approximate surface area is 445 Å². The van der Waals surface area contributed by atoms with Crippen molar-refractivity contribution in [2.75, 3.05) is 26.2 Å². The zero-order valence-electron chi connectivity index (χ0n) is 39.5. The van der Waals surface area contributed by atoms with Crippen LogP contribution in [0.5, 0.6) is 0 Å². The van der Waals surface area contributed by atoms with Gasteiger partial charge >= 0.3 is 12.1 Å². The third kappa shape index (κ3) is 11.8. The average molecular weight is 1070 g/mol. The molecule has 2 aliphatic rings. The number of carbonyl (C=O) groups is 2. The summed E-state index contributed by atoms with van der Waals surface area (Å²) in [6, 6.07) is 31.8. The lowest BCUT2D eigenvalue weighted by atomic mass is 10.0. The molecule has 3 N–H and O–H groups in total. The van der Waals surface area contributed by atoms with Gasteiger partial charge in [0.15, 0.2) is 0 Å². The van der Waals surface area contributed by atoms with Crippen LogP contribution >= 0.6 is 46.4 Å². The first kappa shape index (κ1) is 51.4. The highest BCUT2D eigenvalue weighted by atomic mass is 35.5. The van der Waals surface area contributed by atoms with Crippen molar-refractivity contribution < 1.29 is 14.0 Å². The Balaban J connectivity index is 0.000000182. The molecule has 2 amide bonds. The Hall–Kier alpha value is -7.53. The first-order valence-corrected chi connectivity index (χ1v) is 25.0. The van der Waals surface area contributed by atoms with E-state index in [4.69, 9.17) is 46.4 Å². The minimum absolute atomic E-state index is 0.175. The number of H-pyrrole nitrogens is 1. The molecule has 0 bridgehead atoms. The molecule has 0 fully saturated rings. The number of pyridine rings is 2. The minimum Gasteiger partial charge on any atom is -0.333 e. The Morgan fingerprint density at radius 3 is 1.61 bits per heavy atom. The number of benzene rings is 4. The summed E-state index contributed by atoms with van der Waals surface area (Å²) in [7, 11) is 0. The fourth-order valence-corrected chi connectivity index (χ4v) is 9.93. The van der Waals surface area contributed by atoms with E-state index in [1.807, 2.05) is 60.7 Å². The molecule has 0 saturated heterocycles. The number of rotatable bonds is 10. The first-order valence-electron chi connectivity index (χ1n) is 23.5. The van der Waals surface area contributed by atoms with E-state index in [0.717, 1.165) is 75.1 Å². The number of aromatic nitrogens is 4. The van der Waals surface area contributed by atoms with Crippen LogP contribution in [0.2, 0.25) is 20.1 Å². The molecule has 6 heterocycles. The molecule has 0 radical (unpaired) electrons. The quantitative estimate of drug-likeness (QED) is 0.114. The molecule has 18 heteroatoms. The maximum atomic E-state index is 13.4. The number of aromatic amines is 1. The smallest absolute Gasteiger partial charge is 0.326 e. The number of nitriles is 2. The Kier molecular flexibility index (Phi) is 16.1. The highest BCUT2D eigenvalue weighted by molar-refractivity contribution is 6.42. The van der Waals surface area contributed by atoms with Crippen LogP contribution in [0.4, 0.5) is 14.0 Å². The maximum Gasteiger partial charge on any atom is 0.326 e. The van der Waals surface area contributed by atoms with Gasteiger partial charge in [0.05, 0.1) is 54.4 Å². The number of halogens is 5. The summed E-state index contributed by atoms with van der Waals surface area (Å²) in [5, 5.41) is 28.6. The Morgan fingerprint density at radius 2 is 1.15 bits per heavy atom. The van der Waals surface area contributed by atoms with E-state index < -0.39 is 5.95 Å². The van der Waals surface area contributed by atoms with Gasteiger partial charge in [-0.1, -0.05) is 82.8 Å². The van der Waals surface area contributed by atoms with Gasteiger partial charge in [0.1, 0.15) is 0 Å². The lowest BCUT2D eigenvalue weighted by molar-refractivity contribution is 0.239. The Bertz CT molecular complexity index is 3680. The summed E-state index contributed by atoms with van der Waals surface area (Å²) in [5.74, 6) is -0.590. The van der Waals surface area contributed by atoms with Crippen molar-refractivity contribution in [1.29, 1.82) is 10.5 Å². The molecule has 8 aromatic rings. The van der Waals surface area contributed by atoms with Crippen LogP contribution in [0.15, 0.2) is 126 Å². The van der Waals surface area contributed by atoms with Crippen LogP contribution in [-0.4, -0.2) is 67.1 Å². The topological polar surface area (TPSA) is 168 Å². The van der Waals surface area contributed by atoms with Crippen LogP contribution in [0.3, 0.4) is 0 Å². The van der Waals surface area contributed by atoms with Crippen molar-refractivity contribution in [3.63, 3.8) is 0 Å². The van der Waals surface area contributed by atoms with E-state index in [2.05, 4.69) is 54.7 Å². The molecule has 0 saturated carbocycles. The lowest BCUT2D eigenvalue weighted by Crippen LogP contribution is -2.34. The number of nitrogens with zero attached hydrogens (tertiary/aromatic N) is 7. The third-order valence-electron chi connectivity index (χ3n) is 12.9. The molecular formula is C56H45Cl4FN10O3. The van der Waals surface area contributed by atoms with E-state index in [1.54, 1.807) is 51.7 Å². The number of hydrogen-bond acceptors (Lipinski definition) is 8. The molecule has 0 spiro atoms. The summed E-state index contributed by atoms with van der Waals surface area (Å²) in [4.78, 5) is 48.9. The number of hydrogen-bond donors (Lipinski definition) is 3. The monoisotopic (exact) mass is 1060 g/mol. The van der Waals surface area contributed by atoms with Crippen LogP contribution in [0, 0.1) is 28.6 Å². The predicted octanol–water partition coefficient (Wildman–Crippen LogP) is 11.5. The second-order valence-corrected chi connectivity index (χ2v) is 19.3. The van der Waals surface area contributed by atoms with E-state index in [-0.39, 0.29) is 30.7 Å². The maximum absolute atomic E-state index is 13.4. The molecule has 0 atom stereocenters. The molecule has 4 aromatic heterocycles. The van der Waals surface area contributed by atoms with Gasteiger partial charge in [-0.05, 0) is 112 Å². The summed E-state index contributed by atoms with van der Waals surface area (Å²) >= 11 is 24.2. The fraction of sp³-hybridized carbons (Fsp3) is 0.179. The normalized spacial score (nSPS) is 13.6. The number of amides is 2. The summed E-state index contributed by atoms with van der Waals surface area (Å²) in [6.07, 6.45) is 12.5. The fourth-order valence-electron chi connectivity index (χ4n) is 9.32. The zero-order chi connectivity index (χ0) is 51.9. The van der Waals surface area contributed by atoms with Crippen LogP contribution in [0.25, 0.3) is 34.0 Å². The standard InChI is InChI=1S/C28H22Cl2FN5O.C28H23Cl2N5O2/c29-23-5-3-18(13-24(23)30)2-1-10-35-11-8-26-22(17-35)21-12-19(15-32)4-6-25(21)36(26)28(37)34-16-20-7-9-33-27(31)14-20;29-23-5-3-18(13-24(23)30)2-1-10-34-11-8-26-22(17-34)21-12-19(15-31)4-6-25(21)35(26)28(37)33-16-20-7-9-32-27(36)14-20/h1-7,9,12-14H,8,10-11,16-17H2,(H,34,37);1-7,9,12-14H,8,10-11,16-17H2,(H,32,36)(H,33,37)/b2*2-1+. The van der Waals surface area contributed by atoms with Gasteiger partial charge in [-0.2, -0.15) is 14.9 Å². The second-order valence-electron chi connectivity index (χ2n) is 17.7. The van der Waals surface area contributed by atoms with Crippen molar-refractivity contribution in [1.82, 2.24) is 39.5 Å². The van der Waals surface area contributed by atoms with Crippen molar-refractivity contribution in [3.8, 4) is 12.1 Å². The third-order valence-corrected chi connectivity index (χ3v) is 14.4. The summed E-state index contributed by atoms with van der Waals surface area (Å²) in [6.45, 7) is 4.68. The molecule has 10 rings (SSSR count). The van der Waals surface area contributed by atoms with Crippen molar-refractivity contribution in [2.24, 2.45) is 0 Å². The van der Waals surface area contributed by atoms with Crippen molar-refractivity contribution >= 4 is 92.4 Å². The van der Waals surface area contributed by atoms with Gasteiger partial charge in [0.25, 0.3) is 0 Å². The molecule has 4 aromatic carbocycles.